The van der Waals surface area contributed by atoms with Crippen molar-refractivity contribution in [2.75, 3.05) is 7.11 Å². The molecule has 2 heterocycles. The number of methoxy groups -OCH3 is 1. The van der Waals surface area contributed by atoms with Crippen LogP contribution < -0.4 is 4.74 Å². The third-order valence-electron chi connectivity index (χ3n) is 3.69. The van der Waals surface area contributed by atoms with Crippen molar-refractivity contribution in [2.24, 2.45) is 0 Å². The van der Waals surface area contributed by atoms with Gasteiger partial charge in [-0.1, -0.05) is 34.8 Å². The molecule has 0 saturated carbocycles. The number of aromatic nitrogens is 4. The van der Waals surface area contributed by atoms with E-state index in [-0.39, 0.29) is 49.5 Å². The maximum absolute atomic E-state index is 13.0. The van der Waals surface area contributed by atoms with E-state index in [0.717, 1.165) is 4.68 Å². The van der Waals surface area contributed by atoms with Crippen molar-refractivity contribution in [3.8, 4) is 35.1 Å². The van der Waals surface area contributed by atoms with Gasteiger partial charge in [-0.2, -0.15) is 28.8 Å². The molecule has 0 aliphatic carbocycles. The van der Waals surface area contributed by atoms with Gasteiger partial charge in [0.05, 0.1) is 22.7 Å². The maximum atomic E-state index is 13.0. The number of imidazole rings is 1. The average Bonchev–Trinajstić information content (AvgIpc) is 3.21. The Morgan fingerprint density at radius 1 is 1.14 bits per heavy atom. The van der Waals surface area contributed by atoms with Crippen molar-refractivity contribution in [3.05, 3.63) is 44.3 Å². The third kappa shape index (κ3) is 3.58. The van der Waals surface area contributed by atoms with Crippen LogP contribution in [0, 0.1) is 22.7 Å². The van der Waals surface area contributed by atoms with Gasteiger partial charge in [0.1, 0.15) is 17.8 Å². The summed E-state index contributed by atoms with van der Waals surface area (Å²) in [6, 6.07) is 4.88. The summed E-state index contributed by atoms with van der Waals surface area (Å²) in [6.45, 7) is 0. The summed E-state index contributed by atoms with van der Waals surface area (Å²) >= 11 is 18.3. The van der Waals surface area contributed by atoms with E-state index in [4.69, 9.17) is 50.1 Å². The van der Waals surface area contributed by atoms with Crippen molar-refractivity contribution < 1.29 is 17.9 Å². The SMILES string of the molecule is COc1c(-c2nc(C#N)c(C#N)[nH]2)nn(-c2c(Cl)cc(C(F)(F)F)cc2Cl)c1Cl. The molecule has 0 atom stereocenters. The van der Waals surface area contributed by atoms with Crippen LogP contribution >= 0.6 is 34.8 Å². The highest BCUT2D eigenvalue weighted by Crippen LogP contribution is 2.42. The Bertz CT molecular complexity index is 1150. The first kappa shape index (κ1) is 20.8. The van der Waals surface area contributed by atoms with Gasteiger partial charge in [0.15, 0.2) is 33.8 Å². The molecule has 1 aromatic carbocycles. The van der Waals surface area contributed by atoms with Crippen LogP contribution in [0.25, 0.3) is 17.2 Å². The number of alkyl halides is 3. The van der Waals surface area contributed by atoms with Crippen molar-refractivity contribution in [2.45, 2.75) is 6.18 Å². The smallest absolute Gasteiger partial charge is 0.416 e. The van der Waals surface area contributed by atoms with E-state index in [9.17, 15) is 13.2 Å². The second-order valence-corrected chi connectivity index (χ2v) is 6.58. The van der Waals surface area contributed by atoms with Gasteiger partial charge in [0.25, 0.3) is 0 Å². The monoisotopic (exact) mass is 460 g/mol. The molecule has 0 spiro atoms. The molecule has 0 radical (unpaired) electrons. The van der Waals surface area contributed by atoms with Crippen molar-refractivity contribution >= 4 is 34.8 Å². The first-order valence-electron chi connectivity index (χ1n) is 7.42. The Kier molecular flexibility index (Phi) is 5.37. The minimum atomic E-state index is -4.65. The molecule has 3 rings (SSSR count). The molecule has 0 unspecified atom stereocenters. The number of benzene rings is 1. The normalized spacial score (nSPS) is 11.2. The van der Waals surface area contributed by atoms with E-state index in [1.807, 2.05) is 0 Å². The zero-order valence-corrected chi connectivity index (χ0v) is 16.3. The number of nitrogens with one attached hydrogen (secondary N) is 1. The van der Waals surface area contributed by atoms with Gasteiger partial charge in [0.2, 0.25) is 0 Å². The largest absolute Gasteiger partial charge is 0.491 e. The molecule has 0 aliphatic heterocycles. The standard InChI is InChI=1S/C16H6Cl3F3N6O/c1-29-13-11(15-25-9(4-23)10(5-24)26-15)27-28(14(13)19)12-7(17)2-6(3-8(12)18)16(20,21)22/h2-3H,1H3,(H,25,26). The highest BCUT2D eigenvalue weighted by Gasteiger charge is 2.33. The molecule has 13 heteroatoms. The minimum Gasteiger partial charge on any atom is -0.491 e. The van der Waals surface area contributed by atoms with E-state index in [1.54, 1.807) is 12.1 Å². The number of aromatic amines is 1. The van der Waals surface area contributed by atoms with Crippen LogP contribution in [0.15, 0.2) is 12.1 Å². The Morgan fingerprint density at radius 2 is 1.76 bits per heavy atom. The van der Waals surface area contributed by atoms with E-state index < -0.39 is 11.7 Å². The van der Waals surface area contributed by atoms with Gasteiger partial charge < -0.3 is 9.72 Å². The molecule has 2 aromatic heterocycles. The number of nitrogens with zero attached hydrogens (tertiary/aromatic N) is 5. The number of hydrogen-bond acceptors (Lipinski definition) is 5. The quantitative estimate of drug-likeness (QED) is 0.591. The zero-order chi connectivity index (χ0) is 21.5. The van der Waals surface area contributed by atoms with Gasteiger partial charge in [-0.25, -0.2) is 9.67 Å². The molecule has 7 nitrogen and oxygen atoms in total. The van der Waals surface area contributed by atoms with Gasteiger partial charge >= 0.3 is 6.18 Å². The van der Waals surface area contributed by atoms with E-state index >= 15 is 0 Å². The summed E-state index contributed by atoms with van der Waals surface area (Å²) < 4.78 is 45.1. The lowest BCUT2D eigenvalue weighted by Gasteiger charge is -2.12. The summed E-state index contributed by atoms with van der Waals surface area (Å²) in [7, 11) is 1.27. The predicted octanol–water partition coefficient (Wildman–Crippen LogP) is 4.99. The zero-order valence-electron chi connectivity index (χ0n) is 14.1. The second kappa shape index (κ2) is 7.48. The molecule has 0 fully saturated rings. The number of nitriles is 2. The Morgan fingerprint density at radius 3 is 2.21 bits per heavy atom. The lowest BCUT2D eigenvalue weighted by molar-refractivity contribution is -0.137. The van der Waals surface area contributed by atoms with Crippen LogP contribution in [0.2, 0.25) is 15.2 Å². The summed E-state index contributed by atoms with van der Waals surface area (Å²) in [6.07, 6.45) is -4.65. The first-order valence-corrected chi connectivity index (χ1v) is 8.55. The fourth-order valence-corrected chi connectivity index (χ4v) is 3.38. The van der Waals surface area contributed by atoms with Crippen LogP contribution in [-0.4, -0.2) is 26.9 Å². The van der Waals surface area contributed by atoms with Crippen molar-refractivity contribution in [3.63, 3.8) is 0 Å². The molecule has 1 N–H and O–H groups in total. The lowest BCUT2D eigenvalue weighted by Crippen LogP contribution is -2.07. The molecule has 3 aromatic rings. The molecular weight excluding hydrogens is 456 g/mol. The van der Waals surface area contributed by atoms with Crippen LogP contribution in [0.1, 0.15) is 17.0 Å². The second-order valence-electron chi connectivity index (χ2n) is 5.40. The van der Waals surface area contributed by atoms with E-state index in [2.05, 4.69) is 15.1 Å². The topological polar surface area (TPSA) is 103 Å². The highest BCUT2D eigenvalue weighted by atomic mass is 35.5. The molecule has 0 amide bonds. The maximum Gasteiger partial charge on any atom is 0.416 e. The molecule has 0 bridgehead atoms. The van der Waals surface area contributed by atoms with Crippen LogP contribution in [0.4, 0.5) is 13.2 Å². The highest BCUT2D eigenvalue weighted by molar-refractivity contribution is 6.38. The number of rotatable bonds is 3. The van der Waals surface area contributed by atoms with Gasteiger partial charge in [0, 0.05) is 0 Å². The Balaban J connectivity index is 2.23. The fraction of sp³-hybridized carbons (Fsp3) is 0.125. The summed E-state index contributed by atoms with van der Waals surface area (Å²) in [5.74, 6) is -0.0452. The molecule has 29 heavy (non-hydrogen) atoms. The summed E-state index contributed by atoms with van der Waals surface area (Å²) in [5, 5.41) is 21.4. The molecular formula is C16H6Cl3F3N6O. The number of H-pyrrole nitrogens is 1. The Labute approximate surface area is 175 Å². The van der Waals surface area contributed by atoms with Crippen molar-refractivity contribution in [1.82, 2.24) is 19.7 Å². The first-order chi connectivity index (χ1) is 13.6. The number of halogens is 6. The van der Waals surface area contributed by atoms with Gasteiger partial charge in [-0.3, -0.25) is 0 Å². The van der Waals surface area contributed by atoms with Gasteiger partial charge in [-0.15, -0.1) is 0 Å². The number of hydrogen-bond donors (Lipinski definition) is 1. The predicted molar refractivity (Wildman–Crippen MR) is 97.2 cm³/mol. The van der Waals surface area contributed by atoms with Crippen LogP contribution in [0.3, 0.4) is 0 Å². The number of ether oxygens (including phenoxy) is 1. The fourth-order valence-electron chi connectivity index (χ4n) is 2.45. The van der Waals surface area contributed by atoms with E-state index in [1.165, 1.54) is 7.11 Å². The molecule has 0 aliphatic rings. The van der Waals surface area contributed by atoms with Crippen LogP contribution in [-0.2, 0) is 6.18 Å². The van der Waals surface area contributed by atoms with Gasteiger partial charge in [-0.05, 0) is 12.1 Å². The summed E-state index contributed by atoms with van der Waals surface area (Å²) in [5.41, 5.74) is -1.47. The molecule has 148 valence electrons. The average molecular weight is 462 g/mol. The van der Waals surface area contributed by atoms with E-state index in [0.29, 0.717) is 12.1 Å². The lowest BCUT2D eigenvalue weighted by atomic mass is 10.2. The summed E-state index contributed by atoms with van der Waals surface area (Å²) in [4.78, 5) is 6.55. The van der Waals surface area contributed by atoms with Crippen molar-refractivity contribution in [1.29, 1.82) is 10.5 Å². The third-order valence-corrected chi connectivity index (χ3v) is 4.60. The minimum absolute atomic E-state index is 0.0115. The van der Waals surface area contributed by atoms with Crippen LogP contribution in [0.5, 0.6) is 5.75 Å². The Hall–Kier alpha value is -2.92. The molecule has 0 saturated heterocycles.